The number of aromatic nitrogens is 2. The van der Waals surface area contributed by atoms with Crippen molar-refractivity contribution in [1.82, 2.24) is 9.97 Å². The molecule has 1 rings (SSSR count). The number of anilines is 1. The first kappa shape index (κ1) is 7.55. The van der Waals surface area contributed by atoms with Gasteiger partial charge in [0.05, 0.1) is 5.56 Å². The van der Waals surface area contributed by atoms with E-state index in [1.165, 1.54) is 6.33 Å². The number of hydrogen-bond donors (Lipinski definition) is 1. The molecule has 0 unspecified atom stereocenters. The SMILES string of the molecule is CCC#Cc1cncnc1N. The zero-order chi connectivity index (χ0) is 8.10. The van der Waals surface area contributed by atoms with Crippen LogP contribution in [0.5, 0.6) is 0 Å². The predicted molar refractivity (Wildman–Crippen MR) is 43.6 cm³/mol. The number of rotatable bonds is 0. The molecule has 11 heavy (non-hydrogen) atoms. The fraction of sp³-hybridized carbons (Fsp3) is 0.250. The molecule has 1 heterocycles. The van der Waals surface area contributed by atoms with Crippen molar-refractivity contribution in [2.24, 2.45) is 0 Å². The van der Waals surface area contributed by atoms with Crippen LogP contribution < -0.4 is 5.73 Å². The third-order valence-corrected chi connectivity index (χ3v) is 1.14. The van der Waals surface area contributed by atoms with Crippen molar-refractivity contribution in [2.75, 3.05) is 5.73 Å². The summed E-state index contributed by atoms with van der Waals surface area (Å²) in [6.07, 6.45) is 3.84. The van der Waals surface area contributed by atoms with Crippen LogP contribution in [0.1, 0.15) is 18.9 Å². The van der Waals surface area contributed by atoms with E-state index in [1.54, 1.807) is 6.20 Å². The number of nitrogen functional groups attached to an aromatic ring is 1. The Morgan fingerprint density at radius 2 is 2.45 bits per heavy atom. The summed E-state index contributed by atoms with van der Waals surface area (Å²) in [6.45, 7) is 1.98. The molecule has 0 spiro atoms. The fourth-order valence-corrected chi connectivity index (χ4v) is 0.619. The molecular formula is C8H9N3. The third-order valence-electron chi connectivity index (χ3n) is 1.14. The molecule has 0 bridgehead atoms. The summed E-state index contributed by atoms with van der Waals surface area (Å²) < 4.78 is 0. The predicted octanol–water partition coefficient (Wildman–Crippen LogP) is 0.820. The second kappa shape index (κ2) is 3.57. The van der Waals surface area contributed by atoms with E-state index in [0.717, 1.165) is 6.42 Å². The largest absolute Gasteiger partial charge is 0.383 e. The first-order valence-corrected chi connectivity index (χ1v) is 3.39. The van der Waals surface area contributed by atoms with Crippen LogP contribution in [-0.2, 0) is 0 Å². The Balaban J connectivity index is 2.95. The van der Waals surface area contributed by atoms with Gasteiger partial charge in [0.1, 0.15) is 12.1 Å². The van der Waals surface area contributed by atoms with E-state index >= 15 is 0 Å². The van der Waals surface area contributed by atoms with Crippen LogP contribution in [0.3, 0.4) is 0 Å². The molecule has 0 aromatic carbocycles. The summed E-state index contributed by atoms with van der Waals surface area (Å²) >= 11 is 0. The molecule has 0 saturated carbocycles. The first-order valence-electron chi connectivity index (χ1n) is 3.39. The van der Waals surface area contributed by atoms with Crippen molar-refractivity contribution in [3.63, 3.8) is 0 Å². The Hall–Kier alpha value is -1.56. The highest BCUT2D eigenvalue weighted by molar-refractivity contribution is 5.48. The zero-order valence-electron chi connectivity index (χ0n) is 6.33. The molecule has 0 aliphatic heterocycles. The fourth-order valence-electron chi connectivity index (χ4n) is 0.619. The van der Waals surface area contributed by atoms with Crippen LogP contribution in [0.4, 0.5) is 5.82 Å². The molecule has 0 radical (unpaired) electrons. The Bertz CT molecular complexity index is 296. The van der Waals surface area contributed by atoms with Crippen LogP contribution >= 0.6 is 0 Å². The summed E-state index contributed by atoms with van der Waals surface area (Å²) in [4.78, 5) is 7.60. The molecule has 0 saturated heterocycles. The van der Waals surface area contributed by atoms with E-state index in [2.05, 4.69) is 21.8 Å². The van der Waals surface area contributed by atoms with Gasteiger partial charge in [-0.25, -0.2) is 9.97 Å². The van der Waals surface area contributed by atoms with Crippen LogP contribution in [0, 0.1) is 11.8 Å². The second-order valence-electron chi connectivity index (χ2n) is 1.98. The highest BCUT2D eigenvalue weighted by atomic mass is 14.9. The summed E-state index contributed by atoms with van der Waals surface area (Å²) in [6, 6.07) is 0. The van der Waals surface area contributed by atoms with Crippen molar-refractivity contribution in [3.8, 4) is 11.8 Å². The Kier molecular flexibility index (Phi) is 2.45. The third kappa shape index (κ3) is 1.94. The van der Waals surface area contributed by atoms with Crippen molar-refractivity contribution in [1.29, 1.82) is 0 Å². The maximum atomic E-state index is 5.51. The maximum Gasteiger partial charge on any atom is 0.142 e. The monoisotopic (exact) mass is 147 g/mol. The van der Waals surface area contributed by atoms with Gasteiger partial charge in [0.15, 0.2) is 0 Å². The second-order valence-corrected chi connectivity index (χ2v) is 1.98. The number of nitrogens with two attached hydrogens (primary N) is 1. The minimum Gasteiger partial charge on any atom is -0.383 e. The first-order chi connectivity index (χ1) is 5.34. The molecule has 0 atom stereocenters. The average Bonchev–Trinajstić information content (AvgIpc) is 2.03. The van der Waals surface area contributed by atoms with Crippen LogP contribution in [0.25, 0.3) is 0 Å². The molecule has 56 valence electrons. The normalized spacial score (nSPS) is 8.45. The molecule has 0 aliphatic carbocycles. The summed E-state index contributed by atoms with van der Waals surface area (Å²) in [5, 5.41) is 0. The Labute approximate surface area is 65.7 Å². The van der Waals surface area contributed by atoms with Gasteiger partial charge in [-0.1, -0.05) is 18.8 Å². The molecule has 3 heteroatoms. The lowest BCUT2D eigenvalue weighted by atomic mass is 10.3. The lowest BCUT2D eigenvalue weighted by molar-refractivity contribution is 1.16. The van der Waals surface area contributed by atoms with E-state index < -0.39 is 0 Å². The van der Waals surface area contributed by atoms with Gasteiger partial charge in [-0.3, -0.25) is 0 Å². The minimum atomic E-state index is 0.445. The molecule has 0 fully saturated rings. The molecule has 0 aliphatic rings. The van der Waals surface area contributed by atoms with Crippen molar-refractivity contribution in [3.05, 3.63) is 18.1 Å². The van der Waals surface area contributed by atoms with Gasteiger partial charge in [0.2, 0.25) is 0 Å². The minimum absolute atomic E-state index is 0.445. The molecular weight excluding hydrogens is 138 g/mol. The molecule has 1 aromatic heterocycles. The van der Waals surface area contributed by atoms with E-state index in [0.29, 0.717) is 11.4 Å². The number of nitrogens with zero attached hydrogens (tertiary/aromatic N) is 2. The molecule has 2 N–H and O–H groups in total. The van der Waals surface area contributed by atoms with E-state index in [-0.39, 0.29) is 0 Å². The van der Waals surface area contributed by atoms with Gasteiger partial charge < -0.3 is 5.73 Å². The van der Waals surface area contributed by atoms with Gasteiger partial charge >= 0.3 is 0 Å². The smallest absolute Gasteiger partial charge is 0.142 e. The molecule has 1 aromatic rings. The van der Waals surface area contributed by atoms with E-state index in [1.807, 2.05) is 6.92 Å². The maximum absolute atomic E-state index is 5.51. The average molecular weight is 147 g/mol. The van der Waals surface area contributed by atoms with Crippen molar-refractivity contribution < 1.29 is 0 Å². The lowest BCUT2D eigenvalue weighted by Gasteiger charge is -1.92. The Morgan fingerprint density at radius 3 is 3.09 bits per heavy atom. The highest BCUT2D eigenvalue weighted by Gasteiger charge is 1.92. The van der Waals surface area contributed by atoms with Gasteiger partial charge in [-0.05, 0) is 0 Å². The molecule has 3 nitrogen and oxygen atoms in total. The van der Waals surface area contributed by atoms with Gasteiger partial charge in [-0.15, -0.1) is 0 Å². The van der Waals surface area contributed by atoms with Crippen molar-refractivity contribution in [2.45, 2.75) is 13.3 Å². The quantitative estimate of drug-likeness (QED) is 0.553. The van der Waals surface area contributed by atoms with Gasteiger partial charge in [0, 0.05) is 12.6 Å². The Morgan fingerprint density at radius 1 is 1.64 bits per heavy atom. The molecule has 0 amide bonds. The number of hydrogen-bond acceptors (Lipinski definition) is 3. The van der Waals surface area contributed by atoms with E-state index in [9.17, 15) is 0 Å². The van der Waals surface area contributed by atoms with Crippen LogP contribution in [-0.4, -0.2) is 9.97 Å². The van der Waals surface area contributed by atoms with Crippen molar-refractivity contribution >= 4 is 5.82 Å². The summed E-state index contributed by atoms with van der Waals surface area (Å²) in [7, 11) is 0. The summed E-state index contributed by atoms with van der Waals surface area (Å²) in [5.41, 5.74) is 6.21. The van der Waals surface area contributed by atoms with Crippen LogP contribution in [0.2, 0.25) is 0 Å². The van der Waals surface area contributed by atoms with Gasteiger partial charge in [0.25, 0.3) is 0 Å². The standard InChI is InChI=1S/C8H9N3/c1-2-3-4-7-5-10-6-11-8(7)9/h5-6H,2H2,1H3,(H2,9,10,11). The topological polar surface area (TPSA) is 51.8 Å². The lowest BCUT2D eigenvalue weighted by Crippen LogP contribution is -1.94. The zero-order valence-corrected chi connectivity index (χ0v) is 6.33. The van der Waals surface area contributed by atoms with E-state index in [4.69, 9.17) is 5.73 Å². The van der Waals surface area contributed by atoms with Gasteiger partial charge in [-0.2, -0.15) is 0 Å². The summed E-state index contributed by atoms with van der Waals surface area (Å²) in [5.74, 6) is 6.20. The van der Waals surface area contributed by atoms with Crippen LogP contribution in [0.15, 0.2) is 12.5 Å². The highest BCUT2D eigenvalue weighted by Crippen LogP contribution is 2.01.